The topological polar surface area (TPSA) is 69.0 Å². The molecular formula is C21H18F2N2O3S. The number of nitrogens with zero attached hydrogens (tertiary/aromatic N) is 2. The summed E-state index contributed by atoms with van der Waals surface area (Å²) in [6.45, 7) is 0.458. The van der Waals surface area contributed by atoms with Gasteiger partial charge in [-0.1, -0.05) is 18.2 Å². The van der Waals surface area contributed by atoms with Crippen molar-refractivity contribution in [1.29, 1.82) is 0 Å². The summed E-state index contributed by atoms with van der Waals surface area (Å²) in [5.41, 5.74) is 0.755. The maximum atomic E-state index is 13.9. The number of aromatic nitrogens is 2. The molecule has 1 saturated carbocycles. The molecule has 1 aliphatic carbocycles. The first-order chi connectivity index (χ1) is 13.7. The lowest BCUT2D eigenvalue weighted by molar-refractivity contribution is 0.509. The highest BCUT2D eigenvalue weighted by Crippen LogP contribution is 2.33. The van der Waals surface area contributed by atoms with E-state index in [4.69, 9.17) is 0 Å². The average Bonchev–Trinajstić information content (AvgIpc) is 3.49. The van der Waals surface area contributed by atoms with Crippen molar-refractivity contribution in [2.75, 3.05) is 6.26 Å². The molecule has 1 aromatic heterocycles. The molecule has 4 rings (SSSR count). The van der Waals surface area contributed by atoms with E-state index < -0.39 is 27.0 Å². The van der Waals surface area contributed by atoms with E-state index in [2.05, 4.69) is 5.10 Å². The number of halogens is 2. The van der Waals surface area contributed by atoms with Gasteiger partial charge in [0, 0.05) is 18.4 Å². The first-order valence-electron chi connectivity index (χ1n) is 9.10. The lowest BCUT2D eigenvalue weighted by Gasteiger charge is -2.13. The summed E-state index contributed by atoms with van der Waals surface area (Å²) in [6.07, 6.45) is 4.61. The summed E-state index contributed by atoms with van der Waals surface area (Å²) in [7, 11) is -3.46. The van der Waals surface area contributed by atoms with Gasteiger partial charge in [-0.3, -0.25) is 4.79 Å². The van der Waals surface area contributed by atoms with Gasteiger partial charge in [-0.25, -0.2) is 21.9 Å². The molecule has 1 aliphatic rings. The fraction of sp³-hybridized carbons (Fsp3) is 0.238. The zero-order valence-corrected chi connectivity index (χ0v) is 16.4. The molecule has 0 unspecified atom stereocenters. The number of rotatable bonds is 5. The Morgan fingerprint density at radius 2 is 1.83 bits per heavy atom. The van der Waals surface area contributed by atoms with E-state index in [-0.39, 0.29) is 16.0 Å². The Labute approximate surface area is 166 Å². The van der Waals surface area contributed by atoms with Gasteiger partial charge in [-0.15, -0.1) is 0 Å². The molecule has 5 nitrogen and oxygen atoms in total. The van der Waals surface area contributed by atoms with Crippen LogP contribution < -0.4 is 5.56 Å². The lowest BCUT2D eigenvalue weighted by atomic mass is 9.97. The first-order valence-corrected chi connectivity index (χ1v) is 11.0. The van der Waals surface area contributed by atoms with E-state index in [0.717, 1.165) is 31.2 Å². The van der Waals surface area contributed by atoms with Crippen molar-refractivity contribution in [3.8, 4) is 22.3 Å². The molecule has 0 N–H and O–H groups in total. The van der Waals surface area contributed by atoms with Crippen molar-refractivity contribution < 1.29 is 17.2 Å². The molecule has 8 heteroatoms. The molecule has 0 amide bonds. The van der Waals surface area contributed by atoms with E-state index in [1.165, 1.54) is 29.1 Å². The molecular weight excluding hydrogens is 398 g/mol. The molecule has 0 saturated heterocycles. The van der Waals surface area contributed by atoms with Crippen molar-refractivity contribution in [3.05, 3.63) is 70.6 Å². The van der Waals surface area contributed by atoms with Crippen molar-refractivity contribution in [1.82, 2.24) is 9.78 Å². The summed E-state index contributed by atoms with van der Waals surface area (Å²) < 4.78 is 52.5. The number of hydrogen-bond donors (Lipinski definition) is 0. The molecule has 29 heavy (non-hydrogen) atoms. The SMILES string of the molecule is CS(=O)(=O)c1cccc(-c2cnn(CC3CC3)c(=O)c2-c2ccc(F)c(F)c2)c1. The zero-order chi connectivity index (χ0) is 20.8. The molecule has 0 bridgehead atoms. The van der Waals surface area contributed by atoms with Crippen LogP contribution in [0, 0.1) is 17.6 Å². The van der Waals surface area contributed by atoms with E-state index >= 15 is 0 Å². The molecule has 150 valence electrons. The Hall–Kier alpha value is -2.87. The molecule has 0 radical (unpaired) electrons. The molecule has 1 fully saturated rings. The van der Waals surface area contributed by atoms with Gasteiger partial charge < -0.3 is 0 Å². The zero-order valence-electron chi connectivity index (χ0n) is 15.6. The third-order valence-corrected chi connectivity index (χ3v) is 6.06. The molecule has 2 aromatic carbocycles. The van der Waals surface area contributed by atoms with Gasteiger partial charge in [0.1, 0.15) is 0 Å². The molecule has 1 heterocycles. The van der Waals surface area contributed by atoms with Crippen molar-refractivity contribution >= 4 is 9.84 Å². The van der Waals surface area contributed by atoms with Crippen molar-refractivity contribution in [2.45, 2.75) is 24.3 Å². The standard InChI is InChI=1S/C21H18F2N2O3S/c1-29(27,28)16-4-2-3-14(9-16)17-11-24-25(12-13-5-6-13)21(26)20(17)15-7-8-18(22)19(23)10-15/h2-4,7-11,13H,5-6,12H2,1H3. The third kappa shape index (κ3) is 3.98. The number of hydrogen-bond acceptors (Lipinski definition) is 4. The average molecular weight is 416 g/mol. The predicted molar refractivity (Wildman–Crippen MR) is 105 cm³/mol. The second kappa shape index (κ2) is 7.18. The fourth-order valence-electron chi connectivity index (χ4n) is 3.21. The predicted octanol–water partition coefficient (Wildman–Crippen LogP) is 3.67. The van der Waals surface area contributed by atoms with Gasteiger partial charge in [0.2, 0.25) is 0 Å². The molecule has 0 spiro atoms. The van der Waals surface area contributed by atoms with E-state index in [1.807, 2.05) is 0 Å². The van der Waals surface area contributed by atoms with Crippen LogP contribution in [0.4, 0.5) is 8.78 Å². The van der Waals surface area contributed by atoms with E-state index in [0.29, 0.717) is 23.6 Å². The highest BCUT2D eigenvalue weighted by molar-refractivity contribution is 7.90. The Balaban J connectivity index is 1.95. The molecule has 3 aromatic rings. The Morgan fingerprint density at radius 3 is 2.48 bits per heavy atom. The Morgan fingerprint density at radius 1 is 1.07 bits per heavy atom. The highest BCUT2D eigenvalue weighted by Gasteiger charge is 2.25. The minimum atomic E-state index is -3.46. The highest BCUT2D eigenvalue weighted by atomic mass is 32.2. The van der Waals surface area contributed by atoms with Crippen molar-refractivity contribution in [2.24, 2.45) is 5.92 Å². The summed E-state index contributed by atoms with van der Waals surface area (Å²) >= 11 is 0. The maximum Gasteiger partial charge on any atom is 0.275 e. The largest absolute Gasteiger partial charge is 0.275 e. The van der Waals surface area contributed by atoms with Crippen LogP contribution in [0.1, 0.15) is 12.8 Å². The molecule has 0 atom stereocenters. The number of sulfone groups is 1. The summed E-state index contributed by atoms with van der Waals surface area (Å²) in [4.78, 5) is 13.3. The fourth-order valence-corrected chi connectivity index (χ4v) is 3.87. The van der Waals surface area contributed by atoms with Gasteiger partial charge in [0.05, 0.1) is 16.7 Å². The normalized spacial score (nSPS) is 14.2. The summed E-state index contributed by atoms with van der Waals surface area (Å²) in [5, 5.41) is 4.24. The Kier molecular flexibility index (Phi) is 4.82. The van der Waals surface area contributed by atoms with Crippen LogP contribution in [-0.4, -0.2) is 24.5 Å². The van der Waals surface area contributed by atoms with Crippen LogP contribution in [0.3, 0.4) is 0 Å². The van der Waals surface area contributed by atoms with Crippen molar-refractivity contribution in [3.63, 3.8) is 0 Å². The van der Waals surface area contributed by atoms with Gasteiger partial charge in [-0.05, 0) is 54.2 Å². The second-order valence-electron chi connectivity index (χ2n) is 7.29. The van der Waals surface area contributed by atoms with Crippen LogP contribution in [0.15, 0.2) is 58.4 Å². The minimum Gasteiger partial charge on any atom is -0.267 e. The third-order valence-electron chi connectivity index (χ3n) is 4.95. The van der Waals surface area contributed by atoms with Gasteiger partial charge >= 0.3 is 0 Å². The smallest absolute Gasteiger partial charge is 0.267 e. The quantitative estimate of drug-likeness (QED) is 0.636. The van der Waals surface area contributed by atoms with E-state index in [1.54, 1.807) is 12.1 Å². The maximum absolute atomic E-state index is 13.9. The number of benzene rings is 2. The monoisotopic (exact) mass is 416 g/mol. The first kappa shape index (κ1) is 19.4. The van der Waals surface area contributed by atoms with Crippen LogP contribution in [0.5, 0.6) is 0 Å². The van der Waals surface area contributed by atoms with Gasteiger partial charge in [-0.2, -0.15) is 5.10 Å². The summed E-state index contributed by atoms with van der Waals surface area (Å²) in [5.74, 6) is -1.69. The van der Waals surface area contributed by atoms with Crippen LogP contribution in [-0.2, 0) is 16.4 Å². The van der Waals surface area contributed by atoms with Crippen LogP contribution in [0.25, 0.3) is 22.3 Å². The van der Waals surface area contributed by atoms with Crippen LogP contribution >= 0.6 is 0 Å². The van der Waals surface area contributed by atoms with Crippen LogP contribution in [0.2, 0.25) is 0 Å². The van der Waals surface area contributed by atoms with E-state index in [9.17, 15) is 22.0 Å². The van der Waals surface area contributed by atoms with Gasteiger partial charge in [0.15, 0.2) is 21.5 Å². The summed E-state index contributed by atoms with van der Waals surface area (Å²) in [6, 6.07) is 9.39. The minimum absolute atomic E-state index is 0.0911. The Bertz CT molecular complexity index is 1270. The van der Waals surface area contributed by atoms with Gasteiger partial charge in [0.25, 0.3) is 5.56 Å². The second-order valence-corrected chi connectivity index (χ2v) is 9.31. The molecule has 0 aliphatic heterocycles. The lowest BCUT2D eigenvalue weighted by Crippen LogP contribution is -2.25.